The van der Waals surface area contributed by atoms with Crippen LogP contribution in [0.3, 0.4) is 0 Å². The van der Waals surface area contributed by atoms with Gasteiger partial charge in [0.15, 0.2) is 0 Å². The third kappa shape index (κ3) is 3.57. The second-order valence-electron chi connectivity index (χ2n) is 4.56. The Morgan fingerprint density at radius 1 is 1.35 bits per heavy atom. The summed E-state index contributed by atoms with van der Waals surface area (Å²) in [6, 6.07) is 6.69. The van der Waals surface area contributed by atoms with Gasteiger partial charge in [-0.15, -0.1) is 0 Å². The Kier molecular flexibility index (Phi) is 4.39. The van der Waals surface area contributed by atoms with Gasteiger partial charge in [0, 0.05) is 27.6 Å². The van der Waals surface area contributed by atoms with Crippen molar-refractivity contribution in [3.8, 4) is 0 Å². The molecule has 4 nitrogen and oxygen atoms in total. The highest BCUT2D eigenvalue weighted by Gasteiger charge is 2.08. The lowest BCUT2D eigenvalue weighted by Crippen LogP contribution is -2.06. The highest BCUT2D eigenvalue weighted by molar-refractivity contribution is 9.10. The molecule has 1 aromatic carbocycles. The fourth-order valence-electron chi connectivity index (χ4n) is 1.75. The van der Waals surface area contributed by atoms with Crippen LogP contribution in [0.5, 0.6) is 0 Å². The fraction of sp³-hybridized carbons (Fsp3) is 0.200. The van der Waals surface area contributed by atoms with E-state index in [1.165, 1.54) is 12.1 Å². The molecule has 0 unspecified atom stereocenters. The Hall–Kier alpha value is -1.88. The molecule has 5 heteroatoms. The summed E-state index contributed by atoms with van der Waals surface area (Å²) in [4.78, 5) is 23.0. The zero-order valence-electron chi connectivity index (χ0n) is 11.1. The van der Waals surface area contributed by atoms with E-state index in [-0.39, 0.29) is 6.61 Å². The molecule has 20 heavy (non-hydrogen) atoms. The zero-order chi connectivity index (χ0) is 14.7. The molecule has 0 bridgehead atoms. The van der Waals surface area contributed by atoms with Crippen LogP contribution in [0.15, 0.2) is 49.6 Å². The number of carbonyl (C=O) groups is 1. The highest BCUT2D eigenvalue weighted by Crippen LogP contribution is 2.22. The molecule has 0 radical (unpaired) electrons. The molecule has 0 aliphatic carbocycles. The molecule has 0 fully saturated rings. The van der Waals surface area contributed by atoms with Crippen LogP contribution in [0.1, 0.15) is 19.4 Å². The number of esters is 1. The van der Waals surface area contributed by atoms with E-state index >= 15 is 0 Å². The third-order valence-corrected chi connectivity index (χ3v) is 3.06. The van der Waals surface area contributed by atoms with Gasteiger partial charge >= 0.3 is 11.6 Å². The van der Waals surface area contributed by atoms with Gasteiger partial charge in [-0.3, -0.25) is 0 Å². The minimum atomic E-state index is -0.469. The zero-order valence-corrected chi connectivity index (χ0v) is 12.7. The van der Waals surface area contributed by atoms with Gasteiger partial charge in [-0.25, -0.2) is 9.59 Å². The maximum Gasteiger partial charge on any atom is 0.336 e. The van der Waals surface area contributed by atoms with Gasteiger partial charge in [-0.1, -0.05) is 21.5 Å². The molecule has 1 aromatic heterocycles. The van der Waals surface area contributed by atoms with Crippen molar-refractivity contribution in [1.82, 2.24) is 0 Å². The first-order valence-electron chi connectivity index (χ1n) is 5.99. The fourth-order valence-corrected chi connectivity index (χ4v) is 2.09. The van der Waals surface area contributed by atoms with Crippen LogP contribution in [0.25, 0.3) is 11.0 Å². The lowest BCUT2D eigenvalue weighted by atomic mass is 10.1. The first-order chi connectivity index (χ1) is 9.45. The molecule has 0 saturated heterocycles. The Labute approximate surface area is 124 Å². The minimum absolute atomic E-state index is 0.0341. The van der Waals surface area contributed by atoms with E-state index in [1.807, 2.05) is 26.0 Å². The molecule has 0 amide bonds. The van der Waals surface area contributed by atoms with Crippen molar-refractivity contribution in [2.24, 2.45) is 0 Å². The molecule has 104 valence electrons. The summed E-state index contributed by atoms with van der Waals surface area (Å²) < 4.78 is 11.1. The van der Waals surface area contributed by atoms with Crippen LogP contribution in [0.2, 0.25) is 0 Å². The summed E-state index contributed by atoms with van der Waals surface area (Å²) in [5.74, 6) is -0.427. The van der Waals surface area contributed by atoms with Crippen LogP contribution < -0.4 is 5.63 Å². The number of benzene rings is 1. The van der Waals surface area contributed by atoms with Crippen molar-refractivity contribution in [2.75, 3.05) is 0 Å². The summed E-state index contributed by atoms with van der Waals surface area (Å²) >= 11 is 3.32. The number of ether oxygens (including phenoxy) is 1. The molecule has 0 atom stereocenters. The summed E-state index contributed by atoms with van der Waals surface area (Å²) in [5, 5.41) is 0.748. The van der Waals surface area contributed by atoms with Crippen LogP contribution in [-0.4, -0.2) is 5.97 Å². The predicted molar refractivity (Wildman–Crippen MR) is 79.4 cm³/mol. The lowest BCUT2D eigenvalue weighted by Gasteiger charge is -2.06. The molecular formula is C15H13BrO4. The van der Waals surface area contributed by atoms with Crippen LogP contribution in [0.4, 0.5) is 0 Å². The Morgan fingerprint density at radius 2 is 2.10 bits per heavy atom. The lowest BCUT2D eigenvalue weighted by molar-refractivity contribution is -0.139. The van der Waals surface area contributed by atoms with E-state index in [2.05, 4.69) is 15.9 Å². The summed E-state index contributed by atoms with van der Waals surface area (Å²) in [6.45, 7) is 3.66. The van der Waals surface area contributed by atoms with Crippen LogP contribution in [0, 0.1) is 0 Å². The van der Waals surface area contributed by atoms with Gasteiger partial charge in [0.05, 0.1) is 0 Å². The first kappa shape index (κ1) is 14.5. The summed E-state index contributed by atoms with van der Waals surface area (Å²) in [6.07, 6.45) is 1.41. The average Bonchev–Trinajstić information content (AvgIpc) is 2.34. The van der Waals surface area contributed by atoms with E-state index in [0.717, 1.165) is 15.4 Å². The van der Waals surface area contributed by atoms with E-state index in [4.69, 9.17) is 9.15 Å². The predicted octanol–water partition coefficient (Wildman–Crippen LogP) is 3.56. The highest BCUT2D eigenvalue weighted by atomic mass is 79.9. The van der Waals surface area contributed by atoms with Gasteiger partial charge < -0.3 is 9.15 Å². The Balaban J connectivity index is 2.32. The minimum Gasteiger partial charge on any atom is -0.458 e. The molecule has 2 rings (SSSR count). The molecule has 0 saturated carbocycles. The second-order valence-corrected chi connectivity index (χ2v) is 5.48. The van der Waals surface area contributed by atoms with E-state index < -0.39 is 11.6 Å². The van der Waals surface area contributed by atoms with Crippen molar-refractivity contribution in [2.45, 2.75) is 20.5 Å². The molecule has 2 aromatic rings. The number of hydrogen-bond donors (Lipinski definition) is 0. The largest absolute Gasteiger partial charge is 0.458 e. The smallest absolute Gasteiger partial charge is 0.336 e. The summed E-state index contributed by atoms with van der Waals surface area (Å²) in [5.41, 5.74) is 1.47. The topological polar surface area (TPSA) is 56.5 Å². The number of halogens is 1. The third-order valence-electron chi connectivity index (χ3n) is 2.57. The maximum atomic E-state index is 11.5. The van der Waals surface area contributed by atoms with Crippen molar-refractivity contribution in [3.05, 3.63) is 56.4 Å². The number of rotatable bonds is 3. The molecule has 1 heterocycles. The van der Waals surface area contributed by atoms with Gasteiger partial charge in [0.1, 0.15) is 12.2 Å². The Bertz CT molecular complexity index is 739. The molecular weight excluding hydrogens is 324 g/mol. The standard InChI is InChI=1S/C15H13BrO4/c1-9(2)5-14(17)19-8-10-6-15(18)20-13-7-11(16)3-4-12(10)13/h3-7H,8H2,1-2H3. The van der Waals surface area contributed by atoms with Gasteiger partial charge in [-0.2, -0.15) is 0 Å². The molecule has 0 aliphatic heterocycles. The summed E-state index contributed by atoms with van der Waals surface area (Å²) in [7, 11) is 0. The van der Waals surface area contributed by atoms with Crippen molar-refractivity contribution < 1.29 is 13.9 Å². The SMILES string of the molecule is CC(C)=CC(=O)OCc1cc(=O)oc2cc(Br)ccc12. The number of carbonyl (C=O) groups excluding carboxylic acids is 1. The number of allylic oxidation sites excluding steroid dienone is 1. The van der Waals surface area contributed by atoms with Gasteiger partial charge in [0.2, 0.25) is 0 Å². The normalized spacial score (nSPS) is 10.3. The van der Waals surface area contributed by atoms with Crippen molar-refractivity contribution in [1.29, 1.82) is 0 Å². The van der Waals surface area contributed by atoms with Gasteiger partial charge in [0.25, 0.3) is 0 Å². The monoisotopic (exact) mass is 336 g/mol. The van der Waals surface area contributed by atoms with Crippen LogP contribution in [-0.2, 0) is 16.1 Å². The van der Waals surface area contributed by atoms with E-state index in [1.54, 1.807) is 6.07 Å². The van der Waals surface area contributed by atoms with Crippen molar-refractivity contribution >= 4 is 32.9 Å². The average molecular weight is 337 g/mol. The van der Waals surface area contributed by atoms with Crippen LogP contribution >= 0.6 is 15.9 Å². The van der Waals surface area contributed by atoms with Crippen molar-refractivity contribution in [3.63, 3.8) is 0 Å². The second kappa shape index (κ2) is 6.05. The van der Waals surface area contributed by atoms with E-state index in [0.29, 0.717) is 11.1 Å². The quantitative estimate of drug-likeness (QED) is 0.488. The van der Waals surface area contributed by atoms with E-state index in [9.17, 15) is 9.59 Å². The first-order valence-corrected chi connectivity index (χ1v) is 6.79. The molecule has 0 N–H and O–H groups in total. The maximum absolute atomic E-state index is 11.5. The Morgan fingerprint density at radius 3 is 2.80 bits per heavy atom. The number of fused-ring (bicyclic) bond motifs is 1. The number of hydrogen-bond acceptors (Lipinski definition) is 4. The molecule has 0 aliphatic rings. The van der Waals surface area contributed by atoms with Gasteiger partial charge in [-0.05, 0) is 32.0 Å². The molecule has 0 spiro atoms.